The van der Waals surface area contributed by atoms with Crippen molar-refractivity contribution in [1.29, 1.82) is 0 Å². The lowest BCUT2D eigenvalue weighted by molar-refractivity contribution is 0.243. The molecular weight excluding hydrogens is 332 g/mol. The molecular formula is C20H16N2O4. The molecule has 0 saturated carbocycles. The van der Waals surface area contributed by atoms with Crippen molar-refractivity contribution < 1.29 is 13.7 Å². The van der Waals surface area contributed by atoms with Gasteiger partial charge in [-0.3, -0.25) is 0 Å². The number of hydrogen-bond donors (Lipinski definition) is 0. The third-order valence-electron chi connectivity index (χ3n) is 4.03. The summed E-state index contributed by atoms with van der Waals surface area (Å²) in [5.41, 5.74) is 2.98. The van der Waals surface area contributed by atoms with Gasteiger partial charge in [-0.1, -0.05) is 28.9 Å². The minimum Gasteiger partial charge on any atom is -0.484 e. The molecule has 0 saturated heterocycles. The van der Waals surface area contributed by atoms with Crippen molar-refractivity contribution in [3.8, 4) is 17.1 Å². The third-order valence-corrected chi connectivity index (χ3v) is 4.03. The van der Waals surface area contributed by atoms with Gasteiger partial charge in [-0.25, -0.2) is 4.79 Å². The second kappa shape index (κ2) is 6.48. The normalized spacial score (nSPS) is 11.0. The fourth-order valence-corrected chi connectivity index (χ4v) is 2.75. The van der Waals surface area contributed by atoms with Gasteiger partial charge in [-0.2, -0.15) is 4.98 Å². The van der Waals surface area contributed by atoms with E-state index in [1.54, 1.807) is 6.07 Å². The van der Waals surface area contributed by atoms with Gasteiger partial charge < -0.3 is 13.7 Å². The van der Waals surface area contributed by atoms with E-state index in [-0.39, 0.29) is 12.2 Å². The van der Waals surface area contributed by atoms with E-state index < -0.39 is 0 Å². The van der Waals surface area contributed by atoms with Crippen LogP contribution in [0.5, 0.6) is 5.75 Å². The van der Waals surface area contributed by atoms with Crippen LogP contribution in [-0.4, -0.2) is 10.1 Å². The zero-order valence-corrected chi connectivity index (χ0v) is 14.4. The topological polar surface area (TPSA) is 78.4 Å². The largest absolute Gasteiger partial charge is 0.484 e. The van der Waals surface area contributed by atoms with Crippen LogP contribution < -0.4 is 10.4 Å². The number of fused-ring (bicyclic) bond motifs is 1. The van der Waals surface area contributed by atoms with Gasteiger partial charge in [0.2, 0.25) is 5.82 Å². The average molecular weight is 348 g/mol. The zero-order valence-electron chi connectivity index (χ0n) is 14.4. The lowest BCUT2D eigenvalue weighted by Crippen LogP contribution is -1.99. The van der Waals surface area contributed by atoms with Crippen molar-refractivity contribution in [2.45, 2.75) is 20.5 Å². The number of aryl methyl sites for hydroxylation is 2. The second-order valence-corrected chi connectivity index (χ2v) is 6.08. The molecule has 0 fully saturated rings. The summed E-state index contributed by atoms with van der Waals surface area (Å²) in [4.78, 5) is 15.9. The van der Waals surface area contributed by atoms with Crippen LogP contribution in [0.1, 0.15) is 17.0 Å². The Morgan fingerprint density at radius 2 is 1.96 bits per heavy atom. The maximum atomic E-state index is 11.5. The van der Waals surface area contributed by atoms with Gasteiger partial charge in [-0.05, 0) is 37.6 Å². The minimum absolute atomic E-state index is 0.125. The van der Waals surface area contributed by atoms with Crippen molar-refractivity contribution in [3.63, 3.8) is 0 Å². The first-order valence-electron chi connectivity index (χ1n) is 8.15. The molecule has 2 aromatic carbocycles. The van der Waals surface area contributed by atoms with E-state index in [1.807, 2.05) is 50.2 Å². The lowest BCUT2D eigenvalue weighted by atomic mass is 10.1. The van der Waals surface area contributed by atoms with Crippen molar-refractivity contribution in [3.05, 3.63) is 76.0 Å². The van der Waals surface area contributed by atoms with Gasteiger partial charge in [0.05, 0.1) is 0 Å². The quantitative estimate of drug-likeness (QED) is 0.518. The van der Waals surface area contributed by atoms with Gasteiger partial charge in [0, 0.05) is 23.1 Å². The zero-order chi connectivity index (χ0) is 18.1. The first-order valence-corrected chi connectivity index (χ1v) is 8.15. The highest BCUT2D eigenvalue weighted by atomic mass is 16.5. The molecule has 4 rings (SSSR count). The average Bonchev–Trinajstić information content (AvgIpc) is 3.08. The van der Waals surface area contributed by atoms with Crippen LogP contribution in [0.3, 0.4) is 0 Å². The van der Waals surface area contributed by atoms with Crippen LogP contribution >= 0.6 is 0 Å². The molecule has 2 heterocycles. The van der Waals surface area contributed by atoms with Crippen LogP contribution in [0, 0.1) is 13.8 Å². The lowest BCUT2D eigenvalue weighted by Gasteiger charge is -2.05. The Morgan fingerprint density at radius 3 is 2.81 bits per heavy atom. The Kier molecular flexibility index (Phi) is 4.01. The molecule has 0 N–H and O–H groups in total. The Morgan fingerprint density at radius 1 is 1.08 bits per heavy atom. The van der Waals surface area contributed by atoms with Crippen LogP contribution in [0.2, 0.25) is 0 Å². The van der Waals surface area contributed by atoms with Crippen molar-refractivity contribution in [2.75, 3.05) is 0 Å². The van der Waals surface area contributed by atoms with Gasteiger partial charge in [0.25, 0.3) is 5.89 Å². The maximum absolute atomic E-state index is 11.5. The van der Waals surface area contributed by atoms with Crippen molar-refractivity contribution in [2.24, 2.45) is 0 Å². The molecule has 0 atom stereocenters. The molecule has 0 spiro atoms. The van der Waals surface area contributed by atoms with Crippen LogP contribution in [0.25, 0.3) is 22.4 Å². The predicted molar refractivity (Wildman–Crippen MR) is 96.0 cm³/mol. The number of nitrogens with zero attached hydrogens (tertiary/aromatic N) is 2. The summed E-state index contributed by atoms with van der Waals surface area (Å²) in [5, 5.41) is 4.86. The Labute approximate surface area is 149 Å². The fourth-order valence-electron chi connectivity index (χ4n) is 2.75. The Balaban J connectivity index is 1.53. The van der Waals surface area contributed by atoms with E-state index in [4.69, 9.17) is 13.7 Å². The van der Waals surface area contributed by atoms with Crippen molar-refractivity contribution >= 4 is 11.0 Å². The first-order chi connectivity index (χ1) is 12.6. The number of rotatable bonds is 4. The molecule has 0 aliphatic carbocycles. The van der Waals surface area contributed by atoms with E-state index in [2.05, 4.69) is 10.1 Å². The highest BCUT2D eigenvalue weighted by Crippen LogP contribution is 2.23. The fraction of sp³-hybridized carbons (Fsp3) is 0.150. The molecule has 0 aliphatic heterocycles. The molecule has 0 bridgehead atoms. The molecule has 0 radical (unpaired) electrons. The van der Waals surface area contributed by atoms with Crippen LogP contribution in [0.4, 0.5) is 0 Å². The monoisotopic (exact) mass is 348 g/mol. The van der Waals surface area contributed by atoms with Gasteiger partial charge in [-0.15, -0.1) is 0 Å². The molecule has 26 heavy (non-hydrogen) atoms. The summed E-state index contributed by atoms with van der Waals surface area (Å²) < 4.78 is 16.2. The van der Waals surface area contributed by atoms with E-state index >= 15 is 0 Å². The first kappa shape index (κ1) is 16.1. The van der Waals surface area contributed by atoms with E-state index in [9.17, 15) is 4.79 Å². The Hall–Kier alpha value is -3.41. The minimum atomic E-state index is -0.383. The molecule has 0 amide bonds. The number of ether oxygens (including phenoxy) is 1. The van der Waals surface area contributed by atoms with E-state index in [0.717, 1.165) is 22.1 Å². The Bertz CT molecular complexity index is 1140. The van der Waals surface area contributed by atoms with E-state index in [1.165, 1.54) is 6.07 Å². The molecule has 6 heteroatoms. The van der Waals surface area contributed by atoms with E-state index in [0.29, 0.717) is 23.0 Å². The molecule has 0 unspecified atom stereocenters. The standard InChI is InChI=1S/C20H16N2O4/c1-12-4-3-5-14(8-12)20-21-18(26-22-20)11-24-15-6-7-16-13(2)9-19(23)25-17(16)10-15/h3-10H,11H2,1-2H3. The molecule has 4 aromatic rings. The van der Waals surface area contributed by atoms with Gasteiger partial charge in [0.15, 0.2) is 6.61 Å². The van der Waals surface area contributed by atoms with Gasteiger partial charge >= 0.3 is 5.63 Å². The third kappa shape index (κ3) is 3.21. The molecule has 0 aliphatic rings. The van der Waals surface area contributed by atoms with Crippen LogP contribution in [0.15, 0.2) is 62.3 Å². The predicted octanol–water partition coefficient (Wildman–Crippen LogP) is 4.04. The summed E-state index contributed by atoms with van der Waals surface area (Å²) >= 11 is 0. The van der Waals surface area contributed by atoms with Gasteiger partial charge in [0.1, 0.15) is 11.3 Å². The van der Waals surface area contributed by atoms with Crippen molar-refractivity contribution in [1.82, 2.24) is 10.1 Å². The molecule has 6 nitrogen and oxygen atoms in total. The van der Waals surface area contributed by atoms with Crippen LogP contribution in [-0.2, 0) is 6.61 Å². The molecule has 130 valence electrons. The number of benzene rings is 2. The number of hydrogen-bond acceptors (Lipinski definition) is 6. The number of aromatic nitrogens is 2. The summed E-state index contributed by atoms with van der Waals surface area (Å²) in [6, 6.07) is 14.7. The second-order valence-electron chi connectivity index (χ2n) is 6.08. The smallest absolute Gasteiger partial charge is 0.336 e. The SMILES string of the molecule is Cc1cccc(-c2noc(COc3ccc4c(C)cc(=O)oc4c3)n2)c1. The maximum Gasteiger partial charge on any atom is 0.336 e. The summed E-state index contributed by atoms with van der Waals surface area (Å²) in [6.07, 6.45) is 0. The molecule has 2 aromatic heterocycles. The summed E-state index contributed by atoms with van der Waals surface area (Å²) in [5.74, 6) is 1.45. The highest BCUT2D eigenvalue weighted by molar-refractivity contribution is 5.81. The summed E-state index contributed by atoms with van der Waals surface area (Å²) in [6.45, 7) is 4.00. The summed E-state index contributed by atoms with van der Waals surface area (Å²) in [7, 11) is 0. The highest BCUT2D eigenvalue weighted by Gasteiger charge is 2.10.